The molecule has 1 saturated heterocycles. The van der Waals surface area contributed by atoms with Gasteiger partial charge in [0.1, 0.15) is 11.4 Å². The Labute approximate surface area is 195 Å². The maximum Gasteiger partial charge on any atom is 0.414 e. The Balaban J connectivity index is 1.45. The minimum absolute atomic E-state index is 0.324. The number of fused-ring (bicyclic) bond motifs is 2. The van der Waals surface area contributed by atoms with Crippen LogP contribution < -0.4 is 4.90 Å². The molecule has 4 rings (SSSR count). The molecule has 1 N–H and O–H groups in total. The lowest BCUT2D eigenvalue weighted by Crippen LogP contribution is -2.50. The number of benzene rings is 2. The van der Waals surface area contributed by atoms with Gasteiger partial charge in [0.25, 0.3) is 0 Å². The van der Waals surface area contributed by atoms with Gasteiger partial charge in [-0.2, -0.15) is 0 Å². The second-order valence-corrected chi connectivity index (χ2v) is 9.09. The third-order valence-electron chi connectivity index (χ3n) is 6.41. The quantitative estimate of drug-likeness (QED) is 0.631. The van der Waals surface area contributed by atoms with E-state index in [-0.39, 0.29) is 5.82 Å². The number of aliphatic carboxylic acids is 1. The van der Waals surface area contributed by atoms with Crippen LogP contribution in [0.3, 0.4) is 0 Å². The highest BCUT2D eigenvalue weighted by Crippen LogP contribution is 2.45. The highest BCUT2D eigenvalue weighted by Gasteiger charge is 2.46. The smallest absolute Gasteiger partial charge is 0.414 e. The Morgan fingerprint density at radius 1 is 1.19 bits per heavy atom. The summed E-state index contributed by atoms with van der Waals surface area (Å²) in [5.41, 5.74) is 1.07. The van der Waals surface area contributed by atoms with E-state index in [1.165, 1.54) is 17.0 Å². The molecule has 1 fully saturated rings. The van der Waals surface area contributed by atoms with E-state index in [0.29, 0.717) is 65.8 Å². The average Bonchev–Trinajstić information content (AvgIpc) is 2.76. The van der Waals surface area contributed by atoms with E-state index in [4.69, 9.17) is 27.9 Å². The van der Waals surface area contributed by atoms with Crippen LogP contribution >= 0.6 is 23.2 Å². The van der Waals surface area contributed by atoms with Gasteiger partial charge in [-0.3, -0.25) is 9.69 Å². The van der Waals surface area contributed by atoms with Gasteiger partial charge in [-0.1, -0.05) is 29.3 Å². The Kier molecular flexibility index (Phi) is 6.34. The van der Waals surface area contributed by atoms with Gasteiger partial charge >= 0.3 is 12.1 Å². The molecule has 2 heterocycles. The van der Waals surface area contributed by atoms with Crippen LogP contribution in [-0.2, 0) is 15.1 Å². The zero-order valence-electron chi connectivity index (χ0n) is 17.5. The lowest BCUT2D eigenvalue weighted by molar-refractivity contribution is -0.139. The van der Waals surface area contributed by atoms with Gasteiger partial charge in [-0.05, 0) is 48.9 Å². The summed E-state index contributed by atoms with van der Waals surface area (Å²) in [5.74, 6) is -2.01. The average molecular weight is 481 g/mol. The van der Waals surface area contributed by atoms with Crippen LogP contribution in [0, 0.1) is 5.82 Å². The minimum atomic E-state index is -0.925. The normalized spacial score (nSPS) is 18.9. The first-order valence-electron chi connectivity index (χ1n) is 10.4. The highest BCUT2D eigenvalue weighted by atomic mass is 35.5. The topological polar surface area (TPSA) is 70.1 Å². The second-order valence-electron chi connectivity index (χ2n) is 8.28. The number of carboxylic acids is 1. The number of nitrogens with zero attached hydrogens (tertiary/aromatic N) is 2. The number of hydrogen-bond donors (Lipinski definition) is 1. The van der Waals surface area contributed by atoms with Gasteiger partial charge in [-0.15, -0.1) is 0 Å². The Hall–Kier alpha value is -2.35. The SMILES string of the molecule is CN1C(=O)OC2(CCN(CCC(C(=O)O)c3ccc(Cl)c(Cl)c3)CC2)c2cc(F)ccc21. The van der Waals surface area contributed by atoms with E-state index in [9.17, 15) is 19.1 Å². The Bertz CT molecular complexity index is 1060. The fraction of sp³-hybridized carbons (Fsp3) is 0.391. The zero-order chi connectivity index (χ0) is 23.0. The maximum atomic E-state index is 14.0. The number of hydrogen-bond acceptors (Lipinski definition) is 4. The Morgan fingerprint density at radius 3 is 2.56 bits per heavy atom. The fourth-order valence-electron chi connectivity index (χ4n) is 4.54. The molecule has 0 aromatic heterocycles. The summed E-state index contributed by atoms with van der Waals surface area (Å²) in [6, 6.07) is 9.27. The number of amides is 1. The molecule has 170 valence electrons. The molecule has 1 unspecified atom stereocenters. The Morgan fingerprint density at radius 2 is 1.91 bits per heavy atom. The number of ether oxygens (including phenoxy) is 1. The summed E-state index contributed by atoms with van der Waals surface area (Å²) in [7, 11) is 1.61. The van der Waals surface area contributed by atoms with Gasteiger partial charge < -0.3 is 14.7 Å². The van der Waals surface area contributed by atoms with Gasteiger partial charge in [0.15, 0.2) is 0 Å². The van der Waals surface area contributed by atoms with Crippen molar-refractivity contribution in [1.29, 1.82) is 0 Å². The summed E-state index contributed by atoms with van der Waals surface area (Å²) in [4.78, 5) is 27.8. The van der Waals surface area contributed by atoms with Crippen molar-refractivity contribution in [1.82, 2.24) is 4.90 Å². The molecule has 9 heteroatoms. The van der Waals surface area contributed by atoms with Crippen molar-refractivity contribution >= 4 is 41.0 Å². The van der Waals surface area contributed by atoms with Crippen molar-refractivity contribution in [2.75, 3.05) is 31.6 Å². The molecule has 0 aliphatic carbocycles. The van der Waals surface area contributed by atoms with E-state index in [1.807, 2.05) is 0 Å². The van der Waals surface area contributed by atoms with Crippen LogP contribution in [-0.4, -0.2) is 48.8 Å². The molecule has 6 nitrogen and oxygen atoms in total. The number of likely N-dealkylation sites (tertiary alicyclic amines) is 1. The van der Waals surface area contributed by atoms with Gasteiger partial charge in [0.2, 0.25) is 0 Å². The number of anilines is 1. The zero-order valence-corrected chi connectivity index (χ0v) is 19.0. The van der Waals surface area contributed by atoms with Crippen LogP contribution in [0.25, 0.3) is 0 Å². The number of rotatable bonds is 5. The van der Waals surface area contributed by atoms with E-state index in [1.54, 1.807) is 31.3 Å². The van der Waals surface area contributed by atoms with E-state index in [2.05, 4.69) is 4.90 Å². The van der Waals surface area contributed by atoms with Crippen molar-refractivity contribution in [3.8, 4) is 0 Å². The molecular formula is C23H23Cl2FN2O4. The first kappa shape index (κ1) is 22.8. The van der Waals surface area contributed by atoms with Crippen LogP contribution in [0.5, 0.6) is 0 Å². The predicted molar refractivity (Wildman–Crippen MR) is 120 cm³/mol. The second kappa shape index (κ2) is 8.89. The summed E-state index contributed by atoms with van der Waals surface area (Å²) >= 11 is 12.0. The number of piperidine rings is 1. The molecule has 0 bridgehead atoms. The lowest BCUT2D eigenvalue weighted by atomic mass is 9.81. The largest absolute Gasteiger partial charge is 0.481 e. The number of carboxylic acid groups (broad SMARTS) is 1. The highest BCUT2D eigenvalue weighted by molar-refractivity contribution is 6.42. The van der Waals surface area contributed by atoms with Crippen LogP contribution in [0.1, 0.15) is 36.3 Å². The molecule has 2 aliphatic heterocycles. The molecule has 32 heavy (non-hydrogen) atoms. The summed E-state index contributed by atoms with van der Waals surface area (Å²) in [6.07, 6.45) is 0.956. The summed E-state index contributed by atoms with van der Waals surface area (Å²) < 4.78 is 19.8. The van der Waals surface area contributed by atoms with Crippen LogP contribution in [0.15, 0.2) is 36.4 Å². The molecule has 2 aromatic rings. The number of halogens is 3. The van der Waals surface area contributed by atoms with Crippen molar-refractivity contribution in [3.05, 3.63) is 63.4 Å². The summed E-state index contributed by atoms with van der Waals surface area (Å²) in [5, 5.41) is 10.4. The van der Waals surface area contributed by atoms with Gasteiger partial charge in [0, 0.05) is 38.5 Å². The van der Waals surface area contributed by atoms with Crippen molar-refractivity contribution in [2.45, 2.75) is 30.8 Å². The first-order valence-corrected chi connectivity index (χ1v) is 11.1. The van der Waals surface area contributed by atoms with E-state index < -0.39 is 23.6 Å². The molecule has 0 saturated carbocycles. The molecule has 2 aromatic carbocycles. The maximum absolute atomic E-state index is 14.0. The summed E-state index contributed by atoms with van der Waals surface area (Å²) in [6.45, 7) is 1.75. The van der Waals surface area contributed by atoms with Crippen LogP contribution in [0.2, 0.25) is 10.0 Å². The monoisotopic (exact) mass is 480 g/mol. The van der Waals surface area contributed by atoms with Gasteiger partial charge in [-0.25, -0.2) is 9.18 Å². The molecule has 2 aliphatic rings. The molecule has 1 amide bonds. The number of carbonyl (C=O) groups excluding carboxylic acids is 1. The van der Waals surface area contributed by atoms with Crippen molar-refractivity contribution < 1.29 is 23.8 Å². The third-order valence-corrected chi connectivity index (χ3v) is 7.15. The minimum Gasteiger partial charge on any atom is -0.481 e. The third kappa shape index (κ3) is 4.29. The van der Waals surface area contributed by atoms with Crippen molar-refractivity contribution in [2.24, 2.45) is 0 Å². The first-order chi connectivity index (χ1) is 15.2. The van der Waals surface area contributed by atoms with Crippen molar-refractivity contribution in [3.63, 3.8) is 0 Å². The lowest BCUT2D eigenvalue weighted by Gasteiger charge is -2.46. The standard InChI is InChI=1S/C23H23Cl2FN2O4/c1-27-20-5-3-15(26)13-17(20)23(32-22(27)31)7-10-28(11-8-23)9-6-16(21(29)30)14-2-4-18(24)19(25)12-14/h2-5,12-13,16H,6-11H2,1H3,(H,29,30). The van der Waals surface area contributed by atoms with E-state index in [0.717, 1.165) is 0 Å². The van der Waals surface area contributed by atoms with Crippen LogP contribution in [0.4, 0.5) is 14.9 Å². The van der Waals surface area contributed by atoms with Gasteiger partial charge in [0.05, 0.1) is 21.7 Å². The molecule has 0 radical (unpaired) electrons. The molecule has 1 spiro atoms. The molecule has 1 atom stereocenters. The fourth-order valence-corrected chi connectivity index (χ4v) is 4.84. The number of carbonyl (C=O) groups is 2. The molecular weight excluding hydrogens is 458 g/mol. The van der Waals surface area contributed by atoms with E-state index >= 15 is 0 Å². The predicted octanol–water partition coefficient (Wildman–Crippen LogP) is 5.27.